The predicted octanol–water partition coefficient (Wildman–Crippen LogP) is 0.423. The number of fused-ring (bicyclic) bond motifs is 3. The van der Waals surface area contributed by atoms with Gasteiger partial charge in [-0.1, -0.05) is 11.6 Å². The van der Waals surface area contributed by atoms with E-state index in [-0.39, 0.29) is 35.5 Å². The van der Waals surface area contributed by atoms with Gasteiger partial charge < -0.3 is 36.4 Å². The second-order valence-corrected chi connectivity index (χ2v) is 9.97. The van der Waals surface area contributed by atoms with Gasteiger partial charge in [-0.3, -0.25) is 19.2 Å². The number of Topliss-reactive ketones (excluding diaryl/α,β-unsaturated/α-hetero) is 2. The van der Waals surface area contributed by atoms with Gasteiger partial charge in [0.25, 0.3) is 5.91 Å². The minimum Gasteiger partial charge on any atom is -0.508 e. The molecular weight excluding hydrogens is 482 g/mol. The first-order valence-electron chi connectivity index (χ1n) is 11.0. The number of hydrogen-bond acceptors (Lipinski definition) is 9. The Morgan fingerprint density at radius 1 is 1.20 bits per heavy atom. The van der Waals surface area contributed by atoms with Crippen molar-refractivity contribution in [2.75, 3.05) is 24.3 Å². The summed E-state index contributed by atoms with van der Waals surface area (Å²) in [4.78, 5) is 51.3. The van der Waals surface area contributed by atoms with Crippen LogP contribution in [-0.2, 0) is 20.8 Å². The summed E-state index contributed by atoms with van der Waals surface area (Å²) in [5, 5.41) is 46.7. The zero-order valence-electron chi connectivity index (χ0n) is 19.3. The number of aromatic hydroxyl groups is 1. The van der Waals surface area contributed by atoms with Crippen molar-refractivity contribution in [1.29, 1.82) is 0 Å². The van der Waals surface area contributed by atoms with Crippen molar-refractivity contribution < 1.29 is 39.6 Å². The first-order chi connectivity index (χ1) is 16.2. The number of phenolic OH excluding ortho intramolecular Hbond substituents is 1. The van der Waals surface area contributed by atoms with Gasteiger partial charge >= 0.3 is 0 Å². The van der Waals surface area contributed by atoms with Gasteiger partial charge in [0, 0.05) is 33.4 Å². The summed E-state index contributed by atoms with van der Waals surface area (Å²) < 4.78 is 0. The zero-order chi connectivity index (χ0) is 26.1. The highest BCUT2D eigenvalue weighted by atomic mass is 35.5. The molecule has 5 unspecified atom stereocenters. The van der Waals surface area contributed by atoms with Crippen LogP contribution >= 0.6 is 11.6 Å². The van der Waals surface area contributed by atoms with Crippen LogP contribution in [0.2, 0.25) is 5.02 Å². The van der Waals surface area contributed by atoms with Gasteiger partial charge in [-0.05, 0) is 24.3 Å². The molecule has 12 heteroatoms. The number of halogens is 1. The molecule has 1 fully saturated rings. The Bertz CT molecular complexity index is 1230. The molecule has 5 atom stereocenters. The highest BCUT2D eigenvalue weighted by molar-refractivity contribution is 6.37. The van der Waals surface area contributed by atoms with Crippen molar-refractivity contribution in [1.82, 2.24) is 0 Å². The van der Waals surface area contributed by atoms with E-state index in [1.165, 1.54) is 6.92 Å². The van der Waals surface area contributed by atoms with Crippen LogP contribution in [0.5, 0.6) is 5.75 Å². The van der Waals surface area contributed by atoms with Crippen LogP contribution in [0.3, 0.4) is 0 Å². The molecule has 0 aromatic heterocycles. The van der Waals surface area contributed by atoms with Crippen molar-refractivity contribution >= 4 is 46.4 Å². The van der Waals surface area contributed by atoms with Crippen LogP contribution < -0.4 is 16.0 Å². The summed E-state index contributed by atoms with van der Waals surface area (Å²) in [5.74, 6) is -7.75. The number of carbonyl (C=O) groups excluding carboxylic acids is 4. The first kappa shape index (κ1) is 25.0. The Morgan fingerprint density at radius 3 is 2.37 bits per heavy atom. The predicted molar refractivity (Wildman–Crippen MR) is 124 cm³/mol. The molecule has 3 aliphatic rings. The van der Waals surface area contributed by atoms with Gasteiger partial charge in [-0.15, -0.1) is 0 Å². The van der Waals surface area contributed by atoms with Gasteiger partial charge in [0.1, 0.15) is 23.1 Å². The number of anilines is 2. The molecule has 0 radical (unpaired) electrons. The number of nitrogens with zero attached hydrogens (tertiary/aromatic N) is 1. The maximum Gasteiger partial charge on any atom is 0.255 e. The standard InChI is InChI=1S/C23H26ClN3O8/c1-7(28)26-16-15(24)17(27(2)3)10-5-8-4-9-6-11(29)14(22(25)34)21(33)23(9,35)20(32)12(8)18(30)13(10)19(16)31/h8-9,12,20,31-33,35H,4-6H2,1-3H3,(H2,25,34)(H,26,28). The lowest BCUT2D eigenvalue weighted by Crippen LogP contribution is -2.64. The SMILES string of the molecule is CC(=O)Nc1c(O)c2c(c(N(C)C)c1Cl)CC1CC3CC(=O)C(C(N)=O)=C(O)C3(O)C(O)C1C2=O. The molecule has 1 aromatic rings. The van der Waals surface area contributed by atoms with E-state index in [0.29, 0.717) is 11.3 Å². The number of nitrogens with two attached hydrogens (primary N) is 1. The smallest absolute Gasteiger partial charge is 0.255 e. The average molecular weight is 508 g/mol. The third-order valence-electron chi connectivity index (χ3n) is 7.33. The molecule has 0 bridgehead atoms. The van der Waals surface area contributed by atoms with Crippen LogP contribution in [0, 0.1) is 17.8 Å². The molecule has 1 saturated carbocycles. The van der Waals surface area contributed by atoms with Crippen LogP contribution in [-0.4, -0.2) is 69.6 Å². The zero-order valence-corrected chi connectivity index (χ0v) is 20.0. The van der Waals surface area contributed by atoms with Crippen LogP contribution in [0.25, 0.3) is 0 Å². The summed E-state index contributed by atoms with van der Waals surface area (Å²) >= 11 is 6.51. The molecule has 0 saturated heterocycles. The van der Waals surface area contributed by atoms with Gasteiger partial charge in [-0.25, -0.2) is 0 Å². The van der Waals surface area contributed by atoms with E-state index in [1.807, 2.05) is 0 Å². The third kappa shape index (κ3) is 3.40. The normalized spacial score (nSPS) is 29.8. The number of primary amides is 1. The van der Waals surface area contributed by atoms with Crippen molar-refractivity contribution in [3.8, 4) is 5.75 Å². The minimum atomic E-state index is -2.46. The van der Waals surface area contributed by atoms with Crippen LogP contribution in [0.15, 0.2) is 11.3 Å². The summed E-state index contributed by atoms with van der Waals surface area (Å²) in [6.07, 6.45) is -2.05. The fourth-order valence-corrected chi connectivity index (χ4v) is 6.33. The van der Waals surface area contributed by atoms with E-state index in [1.54, 1.807) is 19.0 Å². The van der Waals surface area contributed by atoms with Crippen LogP contribution in [0.1, 0.15) is 35.7 Å². The van der Waals surface area contributed by atoms with Crippen LogP contribution in [0.4, 0.5) is 11.4 Å². The quantitative estimate of drug-likeness (QED) is 0.248. The van der Waals surface area contributed by atoms with Gasteiger partial charge in [-0.2, -0.15) is 0 Å². The molecule has 2 amide bonds. The molecule has 11 nitrogen and oxygen atoms in total. The van der Waals surface area contributed by atoms with Crippen molar-refractivity contribution in [2.45, 2.75) is 37.9 Å². The maximum absolute atomic E-state index is 13.7. The van der Waals surface area contributed by atoms with E-state index in [4.69, 9.17) is 17.3 Å². The Balaban J connectivity index is 1.91. The molecular formula is C23H26ClN3O8. The maximum atomic E-state index is 13.7. The monoisotopic (exact) mass is 507 g/mol. The molecule has 4 rings (SSSR count). The summed E-state index contributed by atoms with van der Waals surface area (Å²) in [6, 6.07) is 0. The highest BCUT2D eigenvalue weighted by Gasteiger charge is 2.63. The van der Waals surface area contributed by atoms with Crippen molar-refractivity contribution in [3.05, 3.63) is 27.5 Å². The number of benzene rings is 1. The lowest BCUT2D eigenvalue weighted by molar-refractivity contribution is -0.170. The van der Waals surface area contributed by atoms with Gasteiger partial charge in [0.2, 0.25) is 5.91 Å². The summed E-state index contributed by atoms with van der Waals surface area (Å²) in [7, 11) is 3.35. The fraction of sp³-hybridized carbons (Fsp3) is 0.478. The van der Waals surface area contributed by atoms with Crippen molar-refractivity contribution in [2.24, 2.45) is 23.5 Å². The van der Waals surface area contributed by atoms with Gasteiger partial charge in [0.15, 0.2) is 22.9 Å². The lowest BCUT2D eigenvalue weighted by Gasteiger charge is -2.52. The Morgan fingerprint density at radius 2 is 1.83 bits per heavy atom. The molecule has 3 aliphatic carbocycles. The molecule has 0 aliphatic heterocycles. The van der Waals surface area contributed by atoms with E-state index in [9.17, 15) is 39.6 Å². The van der Waals surface area contributed by atoms with E-state index in [2.05, 4.69) is 5.32 Å². The number of phenols is 1. The summed E-state index contributed by atoms with van der Waals surface area (Å²) in [5.41, 5.74) is 2.40. The number of aliphatic hydroxyl groups excluding tert-OH is 2. The number of hydrogen-bond donors (Lipinski definition) is 6. The second kappa shape index (κ2) is 8.21. The molecule has 188 valence electrons. The summed E-state index contributed by atoms with van der Waals surface area (Å²) in [6.45, 7) is 1.21. The second-order valence-electron chi connectivity index (χ2n) is 9.59. The van der Waals surface area contributed by atoms with Crippen molar-refractivity contribution in [3.63, 3.8) is 0 Å². The topological polar surface area (TPSA) is 190 Å². The molecule has 1 aromatic carbocycles. The largest absolute Gasteiger partial charge is 0.508 e. The Hall–Kier alpha value is -3.15. The highest BCUT2D eigenvalue weighted by Crippen LogP contribution is 2.56. The Labute approximate surface area is 205 Å². The number of rotatable bonds is 3. The number of nitrogens with one attached hydrogen (secondary N) is 1. The number of aliphatic hydroxyl groups is 3. The fourth-order valence-electron chi connectivity index (χ4n) is 5.91. The lowest BCUT2D eigenvalue weighted by atomic mass is 9.55. The molecule has 0 heterocycles. The van der Waals surface area contributed by atoms with E-state index < -0.39 is 69.9 Å². The van der Waals surface area contributed by atoms with Gasteiger partial charge in [0.05, 0.1) is 22.2 Å². The molecule has 7 N–H and O–H groups in total. The number of amides is 2. The third-order valence-corrected chi connectivity index (χ3v) is 7.70. The number of carbonyl (C=O) groups is 4. The van der Waals surface area contributed by atoms with E-state index >= 15 is 0 Å². The number of ketones is 2. The minimum absolute atomic E-state index is 0.0279. The average Bonchev–Trinajstić information content (AvgIpc) is 2.73. The first-order valence-corrected chi connectivity index (χ1v) is 11.3. The molecule has 0 spiro atoms. The molecule has 35 heavy (non-hydrogen) atoms. The Kier molecular flexibility index (Phi) is 5.86. The van der Waals surface area contributed by atoms with E-state index in [0.717, 1.165) is 0 Å².